The van der Waals surface area contributed by atoms with Gasteiger partial charge in [0, 0.05) is 18.3 Å². The van der Waals surface area contributed by atoms with Crippen molar-refractivity contribution in [1.29, 1.82) is 0 Å². The van der Waals surface area contributed by atoms with Crippen molar-refractivity contribution in [3.05, 3.63) is 77.6 Å². The van der Waals surface area contributed by atoms with Gasteiger partial charge in [-0.1, -0.05) is 36.4 Å². The normalized spacial score (nSPS) is 10.3. The summed E-state index contributed by atoms with van der Waals surface area (Å²) in [6, 6.07) is 18.5. The first-order chi connectivity index (χ1) is 11.2. The molecule has 4 heteroatoms. The van der Waals surface area contributed by atoms with Crippen molar-refractivity contribution < 1.29 is 0 Å². The fourth-order valence-corrected chi connectivity index (χ4v) is 2.39. The van der Waals surface area contributed by atoms with Gasteiger partial charge >= 0.3 is 0 Å². The second-order valence-corrected chi connectivity index (χ2v) is 5.56. The minimum Gasteiger partial charge on any atom is -0.366 e. The lowest BCUT2D eigenvalue weighted by atomic mass is 10.1. The number of aromatic nitrogens is 2. The van der Waals surface area contributed by atoms with Crippen molar-refractivity contribution in [2.45, 2.75) is 20.4 Å². The Morgan fingerprint density at radius 1 is 0.870 bits per heavy atom. The summed E-state index contributed by atoms with van der Waals surface area (Å²) in [6.45, 7) is 4.93. The van der Waals surface area contributed by atoms with Crippen LogP contribution >= 0.6 is 0 Å². The Morgan fingerprint density at radius 3 is 2.52 bits per heavy atom. The quantitative estimate of drug-likeness (QED) is 0.731. The molecule has 0 spiro atoms. The van der Waals surface area contributed by atoms with E-state index in [1.54, 1.807) is 6.33 Å². The van der Waals surface area contributed by atoms with E-state index in [1.165, 1.54) is 16.7 Å². The first-order valence-corrected chi connectivity index (χ1v) is 7.65. The van der Waals surface area contributed by atoms with E-state index in [-0.39, 0.29) is 0 Å². The Morgan fingerprint density at radius 2 is 1.70 bits per heavy atom. The second-order valence-electron chi connectivity index (χ2n) is 5.56. The van der Waals surface area contributed by atoms with Crippen LogP contribution in [0.25, 0.3) is 0 Å². The lowest BCUT2D eigenvalue weighted by Gasteiger charge is -2.10. The molecule has 0 amide bonds. The van der Waals surface area contributed by atoms with Gasteiger partial charge in [0.15, 0.2) is 0 Å². The average molecular weight is 304 g/mol. The molecule has 116 valence electrons. The maximum Gasteiger partial charge on any atom is 0.135 e. The zero-order valence-corrected chi connectivity index (χ0v) is 13.4. The van der Waals surface area contributed by atoms with Gasteiger partial charge in [0.25, 0.3) is 0 Å². The SMILES string of the molecule is Cc1cccc(Nc2cc(NCc3ccccc3C)ncn2)c1. The van der Waals surface area contributed by atoms with E-state index in [0.29, 0.717) is 0 Å². The predicted octanol–water partition coefficient (Wildman–Crippen LogP) is 4.45. The molecular weight excluding hydrogens is 284 g/mol. The Labute approximate surface area is 136 Å². The number of hydrogen-bond acceptors (Lipinski definition) is 4. The number of nitrogens with zero attached hydrogens (tertiary/aromatic N) is 2. The van der Waals surface area contributed by atoms with Gasteiger partial charge in [0.2, 0.25) is 0 Å². The van der Waals surface area contributed by atoms with Crippen LogP contribution in [0.5, 0.6) is 0 Å². The van der Waals surface area contributed by atoms with Crippen LogP contribution in [0.1, 0.15) is 16.7 Å². The van der Waals surface area contributed by atoms with Crippen LogP contribution in [0, 0.1) is 13.8 Å². The van der Waals surface area contributed by atoms with Crippen LogP contribution in [-0.4, -0.2) is 9.97 Å². The standard InChI is InChI=1S/C19H20N4/c1-14-6-5-9-17(10-14)23-19-11-18(21-13-22-19)20-12-16-8-4-3-7-15(16)2/h3-11,13H,12H2,1-2H3,(H2,20,21,22,23). The van der Waals surface area contributed by atoms with Gasteiger partial charge in [-0.15, -0.1) is 0 Å². The zero-order chi connectivity index (χ0) is 16.1. The van der Waals surface area contributed by atoms with E-state index in [2.05, 4.69) is 64.8 Å². The topological polar surface area (TPSA) is 49.8 Å². The molecule has 0 saturated carbocycles. The zero-order valence-electron chi connectivity index (χ0n) is 13.4. The Balaban J connectivity index is 1.69. The van der Waals surface area contributed by atoms with Crippen molar-refractivity contribution in [2.75, 3.05) is 10.6 Å². The van der Waals surface area contributed by atoms with Crippen molar-refractivity contribution >= 4 is 17.3 Å². The van der Waals surface area contributed by atoms with Gasteiger partial charge < -0.3 is 10.6 Å². The largest absolute Gasteiger partial charge is 0.366 e. The Hall–Kier alpha value is -2.88. The van der Waals surface area contributed by atoms with Crippen LogP contribution in [0.4, 0.5) is 17.3 Å². The van der Waals surface area contributed by atoms with Crippen molar-refractivity contribution in [2.24, 2.45) is 0 Å². The maximum absolute atomic E-state index is 4.28. The minimum atomic E-state index is 0.744. The highest BCUT2D eigenvalue weighted by Crippen LogP contribution is 2.18. The molecule has 3 aromatic rings. The van der Waals surface area contributed by atoms with E-state index in [0.717, 1.165) is 23.9 Å². The summed E-state index contributed by atoms with van der Waals surface area (Å²) >= 11 is 0. The van der Waals surface area contributed by atoms with Gasteiger partial charge in [-0.05, 0) is 42.7 Å². The van der Waals surface area contributed by atoms with E-state index in [1.807, 2.05) is 24.3 Å². The number of aryl methyl sites for hydroxylation is 2. The number of anilines is 3. The molecular formula is C19H20N4. The van der Waals surface area contributed by atoms with Gasteiger partial charge in [0.1, 0.15) is 18.0 Å². The van der Waals surface area contributed by atoms with Crippen LogP contribution in [0.3, 0.4) is 0 Å². The fraction of sp³-hybridized carbons (Fsp3) is 0.158. The summed E-state index contributed by atoms with van der Waals surface area (Å²) in [4.78, 5) is 8.56. The third-order valence-electron chi connectivity index (χ3n) is 3.68. The monoisotopic (exact) mass is 304 g/mol. The fourth-order valence-electron chi connectivity index (χ4n) is 2.39. The maximum atomic E-state index is 4.28. The van der Waals surface area contributed by atoms with Gasteiger partial charge in [-0.3, -0.25) is 0 Å². The molecule has 23 heavy (non-hydrogen) atoms. The third kappa shape index (κ3) is 4.07. The Bertz CT molecular complexity index is 799. The molecule has 0 unspecified atom stereocenters. The molecule has 2 aromatic carbocycles. The molecule has 1 heterocycles. The molecule has 0 atom stereocenters. The molecule has 0 radical (unpaired) electrons. The molecule has 0 bridgehead atoms. The van der Waals surface area contributed by atoms with Crippen LogP contribution < -0.4 is 10.6 Å². The van der Waals surface area contributed by atoms with Crippen molar-refractivity contribution in [1.82, 2.24) is 9.97 Å². The molecule has 2 N–H and O–H groups in total. The van der Waals surface area contributed by atoms with E-state index in [4.69, 9.17) is 0 Å². The number of hydrogen-bond donors (Lipinski definition) is 2. The number of benzene rings is 2. The number of nitrogens with one attached hydrogen (secondary N) is 2. The first kappa shape index (κ1) is 15.0. The van der Waals surface area contributed by atoms with Crippen LogP contribution in [-0.2, 0) is 6.54 Å². The van der Waals surface area contributed by atoms with Gasteiger partial charge in [-0.25, -0.2) is 9.97 Å². The highest BCUT2D eigenvalue weighted by molar-refractivity contribution is 5.59. The summed E-state index contributed by atoms with van der Waals surface area (Å²) in [7, 11) is 0. The number of rotatable bonds is 5. The third-order valence-corrected chi connectivity index (χ3v) is 3.68. The lowest BCUT2D eigenvalue weighted by molar-refractivity contribution is 1.07. The van der Waals surface area contributed by atoms with E-state index >= 15 is 0 Å². The predicted molar refractivity (Wildman–Crippen MR) is 95.0 cm³/mol. The van der Waals surface area contributed by atoms with E-state index in [9.17, 15) is 0 Å². The summed E-state index contributed by atoms with van der Waals surface area (Å²) < 4.78 is 0. The summed E-state index contributed by atoms with van der Waals surface area (Å²) in [5.41, 5.74) is 4.77. The summed E-state index contributed by atoms with van der Waals surface area (Å²) in [5.74, 6) is 1.58. The molecule has 3 rings (SSSR count). The van der Waals surface area contributed by atoms with Crippen LogP contribution in [0.2, 0.25) is 0 Å². The molecule has 4 nitrogen and oxygen atoms in total. The Kier molecular flexibility index (Phi) is 4.52. The summed E-state index contributed by atoms with van der Waals surface area (Å²) in [5, 5.41) is 6.65. The minimum absolute atomic E-state index is 0.744. The molecule has 1 aromatic heterocycles. The highest BCUT2D eigenvalue weighted by Gasteiger charge is 2.01. The van der Waals surface area contributed by atoms with Crippen molar-refractivity contribution in [3.8, 4) is 0 Å². The second kappa shape index (κ2) is 6.92. The van der Waals surface area contributed by atoms with Gasteiger partial charge in [-0.2, -0.15) is 0 Å². The van der Waals surface area contributed by atoms with Gasteiger partial charge in [0.05, 0.1) is 0 Å². The molecule has 0 aliphatic rings. The summed E-state index contributed by atoms with van der Waals surface area (Å²) in [6.07, 6.45) is 1.57. The molecule has 0 aliphatic carbocycles. The lowest BCUT2D eigenvalue weighted by Crippen LogP contribution is -2.04. The average Bonchev–Trinajstić information content (AvgIpc) is 2.54. The molecule has 0 fully saturated rings. The van der Waals surface area contributed by atoms with E-state index < -0.39 is 0 Å². The van der Waals surface area contributed by atoms with Crippen LogP contribution in [0.15, 0.2) is 60.9 Å². The smallest absolute Gasteiger partial charge is 0.135 e. The highest BCUT2D eigenvalue weighted by atomic mass is 15.1. The van der Waals surface area contributed by atoms with Crippen molar-refractivity contribution in [3.63, 3.8) is 0 Å². The first-order valence-electron chi connectivity index (χ1n) is 7.65. The molecule has 0 aliphatic heterocycles. The molecule has 0 saturated heterocycles.